The van der Waals surface area contributed by atoms with Gasteiger partial charge in [0.05, 0.1) is 68.1 Å². The van der Waals surface area contributed by atoms with Gasteiger partial charge in [-0.05, 0) is 137 Å². The highest BCUT2D eigenvalue weighted by Crippen LogP contribution is 2.47. The van der Waals surface area contributed by atoms with Crippen molar-refractivity contribution in [2.45, 2.75) is 25.5 Å². The predicted molar refractivity (Wildman–Crippen MR) is 286 cm³/mol. The zero-order chi connectivity index (χ0) is 53.5. The molecule has 0 bridgehead atoms. The number of rotatable bonds is 7. The van der Waals surface area contributed by atoms with Gasteiger partial charge in [-0.2, -0.15) is 39.5 Å². The maximum Gasteiger partial charge on any atom is 0.416 e. The molecule has 0 aliphatic rings. The lowest BCUT2D eigenvalue weighted by atomic mass is 9.97. The zero-order valence-corrected chi connectivity index (χ0v) is 40.3. The molecule has 4 nitrogen and oxygen atoms in total. The first-order chi connectivity index (χ1) is 36.9. The van der Waals surface area contributed by atoms with Crippen LogP contribution in [0.3, 0.4) is 0 Å². The Labute approximate surface area is 434 Å². The summed E-state index contributed by atoms with van der Waals surface area (Å²) >= 11 is 0. The molecule has 0 amide bonds. The molecule has 0 saturated heterocycles. The molecule has 0 aliphatic heterocycles. The highest BCUT2D eigenvalue weighted by atomic mass is 19.4. The summed E-state index contributed by atoms with van der Waals surface area (Å²) < 4.78 is 132. The van der Waals surface area contributed by atoms with E-state index in [1.165, 1.54) is 6.07 Å². The summed E-state index contributed by atoms with van der Waals surface area (Å²) in [6.45, 7) is 10.4. The van der Waals surface area contributed by atoms with Crippen molar-refractivity contribution in [3.63, 3.8) is 0 Å². The van der Waals surface area contributed by atoms with Gasteiger partial charge in [-0.15, -0.1) is 0 Å². The summed E-state index contributed by atoms with van der Waals surface area (Å²) in [6.07, 6.45) is -14.7. The topological polar surface area (TPSA) is 27.1 Å². The summed E-state index contributed by atoms with van der Waals surface area (Å²) in [5, 5.41) is 2.65. The fraction of sp³-hybridized carbons (Fsp3) is 0.0625. The Kier molecular flexibility index (Phi) is 11.4. The van der Waals surface area contributed by atoms with E-state index in [9.17, 15) is 39.5 Å². The third-order valence-electron chi connectivity index (χ3n) is 14.0. The molecule has 0 spiro atoms. The number of aromatic nitrogens is 3. The van der Waals surface area contributed by atoms with Crippen LogP contribution in [0.4, 0.5) is 45.2 Å². The number of aryl methyl sites for hydroxylation is 1. The lowest BCUT2D eigenvalue weighted by molar-refractivity contribution is -0.143. The van der Waals surface area contributed by atoms with Gasteiger partial charge in [0.25, 0.3) is 0 Å². The Morgan fingerprint density at radius 2 is 0.779 bits per heavy atom. The first-order valence-electron chi connectivity index (χ1n) is 24.2. The van der Waals surface area contributed by atoms with Crippen LogP contribution in [-0.2, 0) is 18.5 Å². The van der Waals surface area contributed by atoms with Crippen molar-refractivity contribution >= 4 is 49.3 Å². The lowest BCUT2D eigenvalue weighted by Crippen LogP contribution is -2.11. The molecule has 0 radical (unpaired) electrons. The molecule has 0 N–H and O–H groups in total. The molecule has 77 heavy (non-hydrogen) atoms. The van der Waals surface area contributed by atoms with E-state index in [0.29, 0.717) is 101 Å². The van der Waals surface area contributed by atoms with Crippen LogP contribution >= 0.6 is 0 Å². The SMILES string of the molecule is [C-]#[N+]c1cc(-n2c3ccccc3c3cc(-c4cc(C)cc(C(F)(F)F)c4)ccc32)c(-n2c3ccccc3c3cc(-c4cc(C(F)(F)F)cc(C(F)(F)F)c4)ccc32)cc1-c1cc(-c2ccccc2)nc(-c2ccccc2)c1. The van der Waals surface area contributed by atoms with Crippen molar-refractivity contribution in [1.29, 1.82) is 0 Å². The minimum atomic E-state index is -5.06. The number of hydrogen-bond acceptors (Lipinski definition) is 1. The van der Waals surface area contributed by atoms with Gasteiger partial charge >= 0.3 is 18.5 Å². The molecular formula is C64H37F9N4. The molecule has 3 heterocycles. The number of fused-ring (bicyclic) bond motifs is 6. The van der Waals surface area contributed by atoms with E-state index in [1.54, 1.807) is 43.3 Å². The molecule has 12 aromatic rings. The number of alkyl halides is 9. The number of para-hydroxylation sites is 2. The maximum absolute atomic E-state index is 14.2. The number of halogens is 9. The fourth-order valence-electron chi connectivity index (χ4n) is 10.5. The van der Waals surface area contributed by atoms with Crippen LogP contribution in [0.25, 0.3) is 116 Å². The second-order valence-corrected chi connectivity index (χ2v) is 18.9. The van der Waals surface area contributed by atoms with E-state index in [0.717, 1.165) is 28.6 Å². The summed E-state index contributed by atoms with van der Waals surface area (Å²) in [4.78, 5) is 9.26. The van der Waals surface area contributed by atoms with Crippen molar-refractivity contribution < 1.29 is 39.5 Å². The van der Waals surface area contributed by atoms with E-state index in [-0.39, 0.29) is 22.9 Å². The van der Waals surface area contributed by atoms with E-state index in [1.807, 2.05) is 143 Å². The lowest BCUT2D eigenvalue weighted by Gasteiger charge is -2.20. The Hall–Kier alpha value is -9.41. The smallest absolute Gasteiger partial charge is 0.308 e. The van der Waals surface area contributed by atoms with Crippen LogP contribution < -0.4 is 0 Å². The van der Waals surface area contributed by atoms with E-state index >= 15 is 0 Å². The standard InChI is InChI=1S/C64H37F9N4/c1-37-25-42(27-45(26-37)62(65,66)67)40-21-23-59-51(30-40)49-18-10-12-20-57(49)77(59)61-36-55(74-2)50(44-32-53(38-13-5-3-6-14-38)75-54(33-44)39-15-7-4-8-16-39)35-60(61)76-56-19-11-9-17-48(56)52-31-41(22-24-58(52)76)43-28-46(63(68,69)70)34-47(29-43)64(71,72)73/h3-36H,1H3. The van der Waals surface area contributed by atoms with Gasteiger partial charge in [-0.3, -0.25) is 0 Å². The van der Waals surface area contributed by atoms with Gasteiger partial charge in [-0.1, -0.05) is 115 Å². The predicted octanol–water partition coefficient (Wildman–Crippen LogP) is 19.5. The number of hydrogen-bond donors (Lipinski definition) is 0. The van der Waals surface area contributed by atoms with E-state index in [4.69, 9.17) is 11.6 Å². The van der Waals surface area contributed by atoms with Crippen molar-refractivity contribution in [3.05, 3.63) is 240 Å². The molecule has 3 aromatic heterocycles. The first kappa shape index (κ1) is 48.5. The Bertz CT molecular complexity index is 4280. The average Bonchev–Trinajstić information content (AvgIpc) is 4.18. The maximum atomic E-state index is 14.2. The van der Waals surface area contributed by atoms with E-state index in [2.05, 4.69) is 4.85 Å². The molecular weight excluding hydrogens is 996 g/mol. The number of nitrogens with zero attached hydrogens (tertiary/aromatic N) is 4. The molecule has 0 atom stereocenters. The van der Waals surface area contributed by atoms with Gasteiger partial charge in [0.2, 0.25) is 0 Å². The Balaban J connectivity index is 1.17. The molecule has 13 heteroatoms. The van der Waals surface area contributed by atoms with Crippen molar-refractivity contribution in [3.8, 4) is 67.3 Å². The fourth-order valence-corrected chi connectivity index (χ4v) is 10.5. The number of benzene rings is 9. The molecule has 376 valence electrons. The zero-order valence-electron chi connectivity index (χ0n) is 40.3. The minimum Gasteiger partial charge on any atom is -0.308 e. The van der Waals surface area contributed by atoms with E-state index < -0.39 is 35.2 Å². The van der Waals surface area contributed by atoms with Gasteiger partial charge in [0, 0.05) is 32.7 Å². The third kappa shape index (κ3) is 8.71. The van der Waals surface area contributed by atoms with Crippen LogP contribution in [0.2, 0.25) is 0 Å². The van der Waals surface area contributed by atoms with Gasteiger partial charge in [0.1, 0.15) is 0 Å². The second-order valence-electron chi connectivity index (χ2n) is 18.9. The molecule has 0 unspecified atom stereocenters. The average molecular weight is 1030 g/mol. The van der Waals surface area contributed by atoms with Crippen molar-refractivity contribution in [1.82, 2.24) is 14.1 Å². The quantitative estimate of drug-likeness (QED) is 0.115. The summed E-state index contributed by atoms with van der Waals surface area (Å²) in [5.41, 5.74) is 5.60. The summed E-state index contributed by atoms with van der Waals surface area (Å²) in [6, 6.07) is 57.4. The molecule has 0 aliphatic carbocycles. The molecule has 0 saturated carbocycles. The largest absolute Gasteiger partial charge is 0.416 e. The van der Waals surface area contributed by atoms with Crippen LogP contribution in [-0.4, -0.2) is 14.1 Å². The minimum absolute atomic E-state index is 0.107. The van der Waals surface area contributed by atoms with Crippen LogP contribution in [0.5, 0.6) is 0 Å². The molecule has 9 aromatic carbocycles. The van der Waals surface area contributed by atoms with Gasteiger partial charge in [-0.25, -0.2) is 9.83 Å². The first-order valence-corrected chi connectivity index (χ1v) is 24.2. The second kappa shape index (κ2) is 18.2. The summed E-state index contributed by atoms with van der Waals surface area (Å²) in [7, 11) is 0. The summed E-state index contributed by atoms with van der Waals surface area (Å²) in [5.74, 6) is 0. The van der Waals surface area contributed by atoms with Crippen LogP contribution in [0.1, 0.15) is 22.3 Å². The normalized spacial score (nSPS) is 12.3. The third-order valence-corrected chi connectivity index (χ3v) is 14.0. The van der Waals surface area contributed by atoms with Crippen molar-refractivity contribution in [2.75, 3.05) is 0 Å². The Morgan fingerprint density at radius 1 is 0.364 bits per heavy atom. The number of pyridine rings is 1. The highest BCUT2D eigenvalue weighted by Gasteiger charge is 2.37. The molecule has 0 fully saturated rings. The highest BCUT2D eigenvalue weighted by molar-refractivity contribution is 6.13. The molecule has 12 rings (SSSR count). The Morgan fingerprint density at radius 3 is 1.25 bits per heavy atom. The van der Waals surface area contributed by atoms with Crippen molar-refractivity contribution in [2.24, 2.45) is 0 Å². The van der Waals surface area contributed by atoms with Crippen LogP contribution in [0.15, 0.2) is 206 Å². The van der Waals surface area contributed by atoms with Crippen LogP contribution in [0, 0.1) is 13.5 Å². The monoisotopic (exact) mass is 1030 g/mol. The van der Waals surface area contributed by atoms with Gasteiger partial charge < -0.3 is 9.13 Å². The van der Waals surface area contributed by atoms with Gasteiger partial charge in [0.15, 0.2) is 5.69 Å².